The van der Waals surface area contributed by atoms with Crippen LogP contribution in [0.25, 0.3) is 0 Å². The van der Waals surface area contributed by atoms with E-state index in [0.29, 0.717) is 26.2 Å². The quantitative estimate of drug-likeness (QED) is 0.251. The van der Waals surface area contributed by atoms with Crippen LogP contribution < -0.4 is 10.4 Å². The first-order valence-corrected chi connectivity index (χ1v) is 18.5. The minimum atomic E-state index is -2.76. The Bertz CT molecular complexity index is 1370. The van der Waals surface area contributed by atoms with Crippen LogP contribution in [0.1, 0.15) is 60.5 Å². The Balaban J connectivity index is 1.26. The lowest BCUT2D eigenvalue weighted by Crippen LogP contribution is -2.67. The van der Waals surface area contributed by atoms with Crippen LogP contribution in [0, 0.1) is 0 Å². The fourth-order valence-corrected chi connectivity index (χ4v) is 12.0. The van der Waals surface area contributed by atoms with Gasteiger partial charge in [0.05, 0.1) is 32.0 Å². The molecule has 7 nitrogen and oxygen atoms in total. The molecular weight excluding hydrogens is 596 g/mol. The van der Waals surface area contributed by atoms with Crippen molar-refractivity contribution in [3.05, 3.63) is 96.6 Å². The van der Waals surface area contributed by atoms with Crippen molar-refractivity contribution in [2.45, 2.75) is 115 Å². The molecule has 6 atom stereocenters. The van der Waals surface area contributed by atoms with E-state index in [2.05, 4.69) is 93.6 Å². The van der Waals surface area contributed by atoms with Gasteiger partial charge in [0.25, 0.3) is 8.32 Å². The summed E-state index contributed by atoms with van der Waals surface area (Å²) in [7, 11) is -2.76. The summed E-state index contributed by atoms with van der Waals surface area (Å²) in [6, 6.07) is 31.6. The molecule has 0 bridgehead atoms. The number of fused-ring (bicyclic) bond motifs is 1. The van der Waals surface area contributed by atoms with Gasteiger partial charge in [0.2, 0.25) is 0 Å². The SMILES string of the molecule is CC1(C)O[C@@H]2[C@@H]([C@@H]3OC(C)(C)O[C@H]3COCc3ccccc3)O[C@H](CO[Si](c3ccccc3)(c3ccccc3)C(C)(C)C)C[C@@H]2O1. The summed E-state index contributed by atoms with van der Waals surface area (Å²) in [5.74, 6) is -1.53. The van der Waals surface area contributed by atoms with Gasteiger partial charge in [-0.2, -0.15) is 0 Å². The van der Waals surface area contributed by atoms with Crippen LogP contribution in [-0.2, 0) is 39.5 Å². The third kappa shape index (κ3) is 7.05. The maximum absolute atomic E-state index is 7.32. The Morgan fingerprint density at radius 2 is 1.22 bits per heavy atom. The largest absolute Gasteiger partial charge is 0.405 e. The molecule has 248 valence electrons. The van der Waals surface area contributed by atoms with E-state index in [1.807, 2.05) is 45.9 Å². The first-order chi connectivity index (χ1) is 21.9. The van der Waals surface area contributed by atoms with Gasteiger partial charge in [0.15, 0.2) is 11.6 Å². The van der Waals surface area contributed by atoms with Gasteiger partial charge < -0.3 is 32.8 Å². The number of ether oxygens (including phenoxy) is 6. The first kappa shape index (κ1) is 33.5. The zero-order valence-corrected chi connectivity index (χ0v) is 29.3. The van der Waals surface area contributed by atoms with Crippen molar-refractivity contribution >= 4 is 18.7 Å². The van der Waals surface area contributed by atoms with E-state index >= 15 is 0 Å². The summed E-state index contributed by atoms with van der Waals surface area (Å²) in [6.45, 7) is 16.0. The van der Waals surface area contributed by atoms with Crippen LogP contribution in [0.4, 0.5) is 0 Å². The molecule has 6 rings (SSSR count). The summed E-state index contributed by atoms with van der Waals surface area (Å²) in [5, 5.41) is 2.34. The average Bonchev–Trinajstić information content (AvgIpc) is 3.51. The summed E-state index contributed by atoms with van der Waals surface area (Å²) in [6.07, 6.45) is -1.23. The molecule has 46 heavy (non-hydrogen) atoms. The van der Waals surface area contributed by atoms with Crippen LogP contribution in [-0.4, -0.2) is 69.7 Å². The van der Waals surface area contributed by atoms with Crippen molar-refractivity contribution in [3.8, 4) is 0 Å². The highest BCUT2D eigenvalue weighted by Gasteiger charge is 2.58. The summed E-state index contributed by atoms with van der Waals surface area (Å²) in [4.78, 5) is 0. The second kappa shape index (κ2) is 13.2. The lowest BCUT2D eigenvalue weighted by Gasteiger charge is -2.45. The van der Waals surface area contributed by atoms with Crippen LogP contribution in [0.2, 0.25) is 5.04 Å². The monoisotopic (exact) mass is 646 g/mol. The molecule has 3 aromatic rings. The van der Waals surface area contributed by atoms with Crippen molar-refractivity contribution in [3.63, 3.8) is 0 Å². The normalized spacial score (nSPS) is 29.0. The minimum absolute atomic E-state index is 0.144. The molecule has 3 aromatic carbocycles. The maximum atomic E-state index is 7.32. The highest BCUT2D eigenvalue weighted by atomic mass is 28.4. The van der Waals surface area contributed by atoms with Gasteiger partial charge in [0, 0.05) is 6.42 Å². The molecule has 3 fully saturated rings. The van der Waals surface area contributed by atoms with Crippen LogP contribution in [0.5, 0.6) is 0 Å². The zero-order chi connectivity index (χ0) is 32.6. The Kier molecular flexibility index (Phi) is 9.64. The van der Waals surface area contributed by atoms with Gasteiger partial charge in [-0.05, 0) is 48.7 Å². The highest BCUT2D eigenvalue weighted by Crippen LogP contribution is 2.43. The second-order valence-corrected chi connectivity index (χ2v) is 19.0. The van der Waals surface area contributed by atoms with Crippen molar-refractivity contribution in [2.75, 3.05) is 13.2 Å². The van der Waals surface area contributed by atoms with Crippen molar-refractivity contribution < 1.29 is 32.8 Å². The Morgan fingerprint density at radius 3 is 1.80 bits per heavy atom. The fraction of sp³-hybridized carbons (Fsp3) is 0.526. The number of hydrogen-bond donors (Lipinski definition) is 0. The maximum Gasteiger partial charge on any atom is 0.261 e. The van der Waals surface area contributed by atoms with Crippen molar-refractivity contribution in [2.24, 2.45) is 0 Å². The van der Waals surface area contributed by atoms with E-state index in [4.69, 9.17) is 32.8 Å². The Labute approximate surface area is 275 Å². The van der Waals surface area contributed by atoms with E-state index in [9.17, 15) is 0 Å². The number of benzene rings is 3. The molecule has 0 radical (unpaired) electrons. The Morgan fingerprint density at radius 1 is 0.674 bits per heavy atom. The topological polar surface area (TPSA) is 64.6 Å². The smallest absolute Gasteiger partial charge is 0.261 e. The van der Waals surface area contributed by atoms with Gasteiger partial charge in [-0.15, -0.1) is 0 Å². The van der Waals surface area contributed by atoms with Gasteiger partial charge in [-0.1, -0.05) is 112 Å². The standard InChI is InChI=1S/C38H50O7Si/c1-36(2,3)46(29-19-13-9-14-20-29,30-21-15-10-16-22-30)40-25-28-23-31-33(44-37(4,5)42-31)35(41-28)34-32(43-38(6,7)45-34)26-39-24-27-17-11-8-12-18-27/h8-22,28,31-35H,23-26H2,1-7H3/t28-,31-,32-,33-,34+,35-/m0/s1. The van der Waals surface area contributed by atoms with Gasteiger partial charge in [0.1, 0.15) is 24.4 Å². The van der Waals surface area contributed by atoms with Crippen LogP contribution >= 0.6 is 0 Å². The molecule has 3 saturated heterocycles. The van der Waals surface area contributed by atoms with E-state index < -0.39 is 32.1 Å². The summed E-state index contributed by atoms with van der Waals surface area (Å²) < 4.78 is 46.4. The molecule has 0 N–H and O–H groups in total. The Hall–Kier alpha value is -2.40. The van der Waals surface area contributed by atoms with Crippen molar-refractivity contribution in [1.82, 2.24) is 0 Å². The molecule has 0 saturated carbocycles. The highest BCUT2D eigenvalue weighted by molar-refractivity contribution is 6.99. The van der Waals surface area contributed by atoms with Gasteiger partial charge in [-0.3, -0.25) is 0 Å². The second-order valence-electron chi connectivity index (χ2n) is 14.7. The van der Waals surface area contributed by atoms with E-state index in [1.54, 1.807) is 0 Å². The molecule has 0 amide bonds. The minimum Gasteiger partial charge on any atom is -0.405 e. The van der Waals surface area contributed by atoms with Crippen LogP contribution in [0.3, 0.4) is 0 Å². The average molecular weight is 647 g/mol. The number of rotatable bonds is 10. The van der Waals surface area contributed by atoms with Gasteiger partial charge in [-0.25, -0.2) is 0 Å². The molecule has 3 aliphatic rings. The molecule has 0 unspecified atom stereocenters. The zero-order valence-electron chi connectivity index (χ0n) is 28.3. The van der Waals surface area contributed by atoms with E-state index in [1.165, 1.54) is 10.4 Å². The molecule has 3 heterocycles. The third-order valence-corrected chi connectivity index (χ3v) is 14.2. The molecular formula is C38H50O7Si. The van der Waals surface area contributed by atoms with E-state index in [-0.39, 0.29) is 29.5 Å². The molecule has 0 aliphatic carbocycles. The predicted octanol–water partition coefficient (Wildman–Crippen LogP) is 5.98. The third-order valence-electron chi connectivity index (χ3n) is 9.23. The van der Waals surface area contributed by atoms with Crippen LogP contribution in [0.15, 0.2) is 91.0 Å². The predicted molar refractivity (Wildman–Crippen MR) is 181 cm³/mol. The summed E-state index contributed by atoms with van der Waals surface area (Å²) >= 11 is 0. The first-order valence-electron chi connectivity index (χ1n) is 16.6. The van der Waals surface area contributed by atoms with E-state index in [0.717, 1.165) is 5.56 Å². The summed E-state index contributed by atoms with van der Waals surface area (Å²) in [5.41, 5.74) is 1.11. The molecule has 8 heteroatoms. The fourth-order valence-electron chi connectivity index (χ4n) is 7.43. The molecule has 3 aliphatic heterocycles. The van der Waals surface area contributed by atoms with Gasteiger partial charge >= 0.3 is 0 Å². The lowest BCUT2D eigenvalue weighted by atomic mass is 9.92. The lowest BCUT2D eigenvalue weighted by molar-refractivity contribution is -0.207. The number of hydrogen-bond acceptors (Lipinski definition) is 7. The molecule has 0 spiro atoms. The molecule has 0 aromatic heterocycles. The van der Waals surface area contributed by atoms with Crippen molar-refractivity contribution in [1.29, 1.82) is 0 Å².